The first-order valence-electron chi connectivity index (χ1n) is 7.70. The van der Waals surface area contributed by atoms with Crippen molar-refractivity contribution in [2.75, 3.05) is 27.6 Å². The summed E-state index contributed by atoms with van der Waals surface area (Å²) >= 11 is 0. The molecule has 6 nitrogen and oxygen atoms in total. The zero-order chi connectivity index (χ0) is 17.5. The number of ether oxygens (including phenoxy) is 3. The summed E-state index contributed by atoms with van der Waals surface area (Å²) < 4.78 is 29.5. The van der Waals surface area contributed by atoms with Gasteiger partial charge in [0.25, 0.3) is 0 Å². The summed E-state index contributed by atoms with van der Waals surface area (Å²) in [7, 11) is 1.64. The number of piperidine rings is 1. The Bertz CT molecular complexity index is 477. The highest BCUT2D eigenvalue weighted by Gasteiger charge is 2.37. The molecule has 1 heterocycles. The summed E-state index contributed by atoms with van der Waals surface area (Å²) in [5, 5.41) is 0. The maximum Gasteiger partial charge on any atom is 0.384 e. The van der Waals surface area contributed by atoms with Gasteiger partial charge in [-0.25, -0.2) is 13.3 Å². The van der Waals surface area contributed by atoms with Crippen LogP contribution >= 0.6 is 0 Å². The average molecular weight is 345 g/mol. The van der Waals surface area contributed by atoms with Crippen molar-refractivity contribution in [2.24, 2.45) is 0 Å². The summed E-state index contributed by atoms with van der Waals surface area (Å²) in [5.74, 6) is 4.61. The third-order valence-corrected chi connectivity index (χ3v) is 5.38. The Morgan fingerprint density at radius 2 is 2.04 bits per heavy atom. The molecule has 132 valence electrons. The van der Waals surface area contributed by atoms with E-state index < -0.39 is 23.1 Å². The van der Waals surface area contributed by atoms with Crippen molar-refractivity contribution in [3.05, 3.63) is 0 Å². The molecule has 0 spiro atoms. The number of nitrogens with zero attached hydrogens (tertiary/aromatic N) is 1. The van der Waals surface area contributed by atoms with Crippen LogP contribution in [0.1, 0.15) is 40.0 Å². The lowest BCUT2D eigenvalue weighted by Crippen LogP contribution is -2.51. The molecule has 7 heteroatoms. The van der Waals surface area contributed by atoms with Crippen LogP contribution in [0.2, 0.25) is 0 Å². The van der Waals surface area contributed by atoms with Crippen molar-refractivity contribution < 1.29 is 23.2 Å². The zero-order valence-corrected chi connectivity index (χ0v) is 15.4. The van der Waals surface area contributed by atoms with Crippen LogP contribution in [0.5, 0.6) is 0 Å². The average Bonchev–Trinajstić information content (AvgIpc) is 2.53. The molecule has 3 atom stereocenters. The van der Waals surface area contributed by atoms with Gasteiger partial charge in [-0.2, -0.15) is 0 Å². The van der Waals surface area contributed by atoms with E-state index in [0.717, 1.165) is 25.8 Å². The van der Waals surface area contributed by atoms with E-state index in [9.17, 15) is 9.00 Å². The van der Waals surface area contributed by atoms with Crippen LogP contribution in [0.15, 0.2) is 0 Å². The molecule has 0 aliphatic carbocycles. The van der Waals surface area contributed by atoms with Crippen LogP contribution in [0.25, 0.3) is 0 Å². The van der Waals surface area contributed by atoms with Gasteiger partial charge in [0.05, 0.1) is 17.9 Å². The molecule has 1 aliphatic rings. The molecule has 0 aromatic heterocycles. The van der Waals surface area contributed by atoms with Gasteiger partial charge in [0, 0.05) is 19.6 Å². The molecule has 0 saturated carbocycles. The van der Waals surface area contributed by atoms with Gasteiger partial charge < -0.3 is 14.2 Å². The molecule has 0 aromatic carbocycles. The van der Waals surface area contributed by atoms with Gasteiger partial charge in [-0.3, -0.25) is 0 Å². The second-order valence-electron chi connectivity index (χ2n) is 6.32. The van der Waals surface area contributed by atoms with Crippen LogP contribution in [0.4, 0.5) is 0 Å². The Kier molecular flexibility index (Phi) is 8.20. The van der Waals surface area contributed by atoms with E-state index in [4.69, 9.17) is 9.47 Å². The number of carbonyl (C=O) groups is 1. The Labute approximate surface area is 141 Å². The van der Waals surface area contributed by atoms with Crippen LogP contribution in [0, 0.1) is 11.8 Å². The van der Waals surface area contributed by atoms with Crippen LogP contribution < -0.4 is 0 Å². The molecule has 0 bridgehead atoms. The molecule has 0 amide bonds. The summed E-state index contributed by atoms with van der Waals surface area (Å²) in [4.78, 5) is 11.3. The topological polar surface area (TPSA) is 65.1 Å². The quantitative estimate of drug-likeness (QED) is 0.327. The smallest absolute Gasteiger partial charge is 0.384 e. The van der Waals surface area contributed by atoms with Crippen molar-refractivity contribution >= 4 is 17.0 Å². The third kappa shape index (κ3) is 6.22. The Hall–Kier alpha value is -0.940. The van der Waals surface area contributed by atoms with E-state index in [1.165, 1.54) is 14.2 Å². The van der Waals surface area contributed by atoms with Gasteiger partial charge in [0.15, 0.2) is 0 Å². The van der Waals surface area contributed by atoms with E-state index in [0.29, 0.717) is 0 Å². The van der Waals surface area contributed by atoms with Gasteiger partial charge in [-0.15, -0.1) is 0 Å². The van der Waals surface area contributed by atoms with Crippen LogP contribution in [-0.4, -0.2) is 58.9 Å². The van der Waals surface area contributed by atoms with E-state index in [2.05, 4.69) is 16.6 Å². The Balaban J connectivity index is 3.00. The molecule has 23 heavy (non-hydrogen) atoms. The van der Waals surface area contributed by atoms with Crippen molar-refractivity contribution in [1.29, 1.82) is 0 Å². The summed E-state index contributed by atoms with van der Waals surface area (Å²) in [6.45, 7) is 6.62. The standard InChI is InChI=1S/C16H27NO5S/c1-16(2,3)23(19)17-11-7-6-8-13(17)14(22-12-20-4)9-10-15(18)21-5/h13-14H,6-8,11-12H2,1-5H3/t13-,14+,23?/m1/s1. The second-order valence-corrected chi connectivity index (χ2v) is 8.51. The van der Waals surface area contributed by atoms with E-state index >= 15 is 0 Å². The summed E-state index contributed by atoms with van der Waals surface area (Å²) in [5.41, 5.74) is 0. The van der Waals surface area contributed by atoms with Gasteiger partial charge in [-0.1, -0.05) is 12.3 Å². The highest BCUT2D eigenvalue weighted by molar-refractivity contribution is 7.84. The van der Waals surface area contributed by atoms with Crippen LogP contribution in [0.3, 0.4) is 0 Å². The predicted molar refractivity (Wildman–Crippen MR) is 88.8 cm³/mol. The molecule has 0 aromatic rings. The Morgan fingerprint density at radius 3 is 2.61 bits per heavy atom. The number of rotatable bonds is 5. The first kappa shape index (κ1) is 20.1. The number of esters is 1. The van der Waals surface area contributed by atoms with Crippen molar-refractivity contribution in [3.63, 3.8) is 0 Å². The molecule has 1 rings (SSSR count). The number of carbonyl (C=O) groups excluding carboxylic acids is 1. The van der Waals surface area contributed by atoms with E-state index in [-0.39, 0.29) is 17.6 Å². The lowest BCUT2D eigenvalue weighted by molar-refractivity contribution is -0.133. The monoisotopic (exact) mass is 345 g/mol. The molecular weight excluding hydrogens is 318 g/mol. The van der Waals surface area contributed by atoms with Gasteiger partial charge in [0.2, 0.25) is 0 Å². The maximum atomic E-state index is 12.8. The van der Waals surface area contributed by atoms with Gasteiger partial charge in [-0.05, 0) is 33.6 Å². The van der Waals surface area contributed by atoms with Crippen molar-refractivity contribution in [2.45, 2.75) is 56.9 Å². The maximum absolute atomic E-state index is 12.8. The minimum atomic E-state index is -1.17. The predicted octanol–water partition coefficient (Wildman–Crippen LogP) is 1.47. The largest absolute Gasteiger partial charge is 0.459 e. The van der Waals surface area contributed by atoms with E-state index in [1.807, 2.05) is 25.1 Å². The first-order chi connectivity index (χ1) is 10.8. The fraction of sp³-hybridized carbons (Fsp3) is 0.812. The lowest BCUT2D eigenvalue weighted by Gasteiger charge is -2.40. The molecule has 1 fully saturated rings. The SMILES string of the molecule is COCO[C@@H](C#CC(=O)OC)[C@H]1CCCCN1S(=O)C(C)(C)C. The van der Waals surface area contributed by atoms with E-state index in [1.54, 1.807) is 0 Å². The minimum absolute atomic E-state index is 0.0625. The van der Waals surface area contributed by atoms with Gasteiger partial charge in [0.1, 0.15) is 23.9 Å². The number of hydrogen-bond acceptors (Lipinski definition) is 5. The second kappa shape index (κ2) is 9.38. The normalized spacial score (nSPS) is 21.9. The van der Waals surface area contributed by atoms with Crippen molar-refractivity contribution in [3.8, 4) is 11.8 Å². The summed E-state index contributed by atoms with van der Waals surface area (Å²) in [6.07, 6.45) is 2.25. The molecule has 1 aliphatic heterocycles. The third-order valence-electron chi connectivity index (χ3n) is 3.45. The number of methoxy groups -OCH3 is 2. The van der Waals surface area contributed by atoms with Crippen LogP contribution in [-0.2, 0) is 30.0 Å². The fourth-order valence-corrected chi connectivity index (χ4v) is 3.82. The molecule has 0 radical (unpaired) electrons. The molecule has 1 unspecified atom stereocenters. The highest BCUT2D eigenvalue weighted by atomic mass is 32.2. The summed E-state index contributed by atoms with van der Waals surface area (Å²) in [6, 6.07) is -0.142. The van der Waals surface area contributed by atoms with Crippen molar-refractivity contribution in [1.82, 2.24) is 4.31 Å². The minimum Gasteiger partial charge on any atom is -0.459 e. The molecule has 1 saturated heterocycles. The van der Waals surface area contributed by atoms with Gasteiger partial charge >= 0.3 is 5.97 Å². The number of hydrogen-bond donors (Lipinski definition) is 0. The first-order valence-corrected chi connectivity index (χ1v) is 8.80. The fourth-order valence-electron chi connectivity index (χ4n) is 2.36. The lowest BCUT2D eigenvalue weighted by atomic mass is 10.00. The highest BCUT2D eigenvalue weighted by Crippen LogP contribution is 2.27. The Morgan fingerprint density at radius 1 is 1.35 bits per heavy atom. The molecule has 0 N–H and O–H groups in total. The zero-order valence-electron chi connectivity index (χ0n) is 14.6. The molecular formula is C16H27NO5S.